The van der Waals surface area contributed by atoms with Crippen molar-refractivity contribution in [1.29, 1.82) is 0 Å². The minimum absolute atomic E-state index is 0.112. The normalized spacial score (nSPS) is 16.0. The molecule has 0 aliphatic carbocycles. The second kappa shape index (κ2) is 7.98. The first-order chi connectivity index (χ1) is 13.4. The Morgan fingerprint density at radius 3 is 2.64 bits per heavy atom. The molecular formula is C19H19BrN2O4S2. The minimum atomic E-state index is -3.48. The van der Waals surface area contributed by atoms with Gasteiger partial charge in [-0.05, 0) is 59.0 Å². The summed E-state index contributed by atoms with van der Waals surface area (Å²) in [5, 5.41) is 0.912. The van der Waals surface area contributed by atoms with Gasteiger partial charge in [-0.3, -0.25) is 4.79 Å². The van der Waals surface area contributed by atoms with Crippen LogP contribution in [0.4, 0.5) is 0 Å². The molecule has 4 rings (SSSR count). The molecule has 0 saturated carbocycles. The van der Waals surface area contributed by atoms with Gasteiger partial charge in [0.05, 0.1) is 3.79 Å². The monoisotopic (exact) mass is 482 g/mol. The number of nitrogens with one attached hydrogen (secondary N) is 1. The molecular weight excluding hydrogens is 464 g/mol. The molecule has 1 saturated heterocycles. The number of amides is 1. The van der Waals surface area contributed by atoms with E-state index in [0.29, 0.717) is 35.2 Å². The summed E-state index contributed by atoms with van der Waals surface area (Å²) < 4.78 is 34.1. The van der Waals surface area contributed by atoms with Gasteiger partial charge in [0.1, 0.15) is 9.79 Å². The lowest BCUT2D eigenvalue weighted by Crippen LogP contribution is -2.41. The highest BCUT2D eigenvalue weighted by molar-refractivity contribution is 9.11. The van der Waals surface area contributed by atoms with E-state index in [0.717, 1.165) is 22.0 Å². The van der Waals surface area contributed by atoms with Gasteiger partial charge in [0.25, 0.3) is 5.91 Å². The van der Waals surface area contributed by atoms with E-state index < -0.39 is 10.0 Å². The fourth-order valence-corrected chi connectivity index (χ4v) is 6.49. The Morgan fingerprint density at radius 2 is 1.96 bits per heavy atom. The van der Waals surface area contributed by atoms with Crippen molar-refractivity contribution < 1.29 is 17.6 Å². The lowest BCUT2D eigenvalue weighted by atomic mass is 9.97. The second-order valence-electron chi connectivity index (χ2n) is 6.79. The fraction of sp³-hybridized carbons (Fsp3) is 0.316. The summed E-state index contributed by atoms with van der Waals surface area (Å²) in [5.74, 6) is 0.445. The maximum Gasteiger partial charge on any atom is 0.289 e. The van der Waals surface area contributed by atoms with Crippen LogP contribution in [0.5, 0.6) is 0 Å². The standard InChI is InChI=1S/C19H19BrN2O4S2/c20-17-5-6-18(27-17)28(24,25)21-12-13-7-9-22(10-8-13)19(23)16-11-14-3-1-2-4-15(14)26-16/h1-6,11,13,21H,7-10,12H2. The Kier molecular flexibility index (Phi) is 5.59. The molecule has 1 amide bonds. The maximum absolute atomic E-state index is 12.7. The number of likely N-dealkylation sites (tertiary alicyclic amines) is 1. The van der Waals surface area contributed by atoms with Crippen molar-refractivity contribution in [2.24, 2.45) is 5.92 Å². The average Bonchev–Trinajstić information content (AvgIpc) is 3.33. The van der Waals surface area contributed by atoms with Crippen molar-refractivity contribution in [2.45, 2.75) is 17.1 Å². The van der Waals surface area contributed by atoms with Crippen LogP contribution in [-0.2, 0) is 10.0 Å². The van der Waals surface area contributed by atoms with Crippen LogP contribution in [0, 0.1) is 5.92 Å². The Hall–Kier alpha value is -1.68. The summed E-state index contributed by atoms with van der Waals surface area (Å²) >= 11 is 4.47. The highest BCUT2D eigenvalue weighted by atomic mass is 79.9. The van der Waals surface area contributed by atoms with Gasteiger partial charge >= 0.3 is 0 Å². The van der Waals surface area contributed by atoms with Crippen molar-refractivity contribution in [3.05, 3.63) is 52.0 Å². The number of carbonyl (C=O) groups excluding carboxylic acids is 1. The third-order valence-corrected chi connectivity index (χ3v) is 8.45. The Balaban J connectivity index is 1.32. The van der Waals surface area contributed by atoms with Crippen molar-refractivity contribution in [3.63, 3.8) is 0 Å². The first-order valence-electron chi connectivity index (χ1n) is 8.95. The molecule has 1 aromatic carbocycles. The van der Waals surface area contributed by atoms with Crippen LogP contribution in [0.15, 0.2) is 54.9 Å². The topological polar surface area (TPSA) is 79.6 Å². The van der Waals surface area contributed by atoms with Crippen LogP contribution < -0.4 is 4.72 Å². The summed E-state index contributed by atoms with van der Waals surface area (Å²) in [6.07, 6.45) is 1.51. The fourth-order valence-electron chi connectivity index (χ4n) is 3.32. The first kappa shape index (κ1) is 19.6. The third kappa shape index (κ3) is 4.17. The van der Waals surface area contributed by atoms with Crippen molar-refractivity contribution >= 4 is 54.2 Å². The number of hydrogen-bond acceptors (Lipinski definition) is 5. The molecule has 148 valence electrons. The molecule has 1 N–H and O–H groups in total. The third-order valence-electron chi connectivity index (χ3n) is 4.91. The predicted octanol–water partition coefficient (Wildman–Crippen LogP) is 4.09. The van der Waals surface area contributed by atoms with E-state index in [1.807, 2.05) is 24.3 Å². The molecule has 0 unspecified atom stereocenters. The zero-order chi connectivity index (χ0) is 19.7. The van der Waals surface area contributed by atoms with Crippen LogP contribution >= 0.6 is 27.3 Å². The second-order valence-corrected chi connectivity index (χ2v) is 11.3. The average molecular weight is 483 g/mol. The number of carbonyl (C=O) groups is 1. The number of hydrogen-bond donors (Lipinski definition) is 1. The van der Waals surface area contributed by atoms with E-state index in [1.165, 1.54) is 11.3 Å². The first-order valence-corrected chi connectivity index (χ1v) is 12.0. The zero-order valence-electron chi connectivity index (χ0n) is 14.9. The summed E-state index contributed by atoms with van der Waals surface area (Å²) in [6.45, 7) is 1.56. The van der Waals surface area contributed by atoms with Gasteiger partial charge in [-0.2, -0.15) is 0 Å². The Morgan fingerprint density at radius 1 is 1.21 bits per heavy atom. The molecule has 1 fully saturated rings. The van der Waals surface area contributed by atoms with Crippen molar-refractivity contribution in [1.82, 2.24) is 9.62 Å². The molecule has 0 atom stereocenters. The number of nitrogens with zero attached hydrogens (tertiary/aromatic N) is 1. The summed E-state index contributed by atoms with van der Waals surface area (Å²) in [5.41, 5.74) is 0.704. The summed E-state index contributed by atoms with van der Waals surface area (Å²) in [7, 11) is -3.48. The SMILES string of the molecule is O=C(c1cc2ccccc2o1)N1CCC(CNS(=O)(=O)c2ccc(Br)s2)CC1. The molecule has 1 aliphatic heterocycles. The zero-order valence-corrected chi connectivity index (χ0v) is 18.1. The van der Waals surface area contributed by atoms with Crippen LogP contribution in [0.2, 0.25) is 0 Å². The number of piperidine rings is 1. The van der Waals surface area contributed by atoms with Gasteiger partial charge in [-0.15, -0.1) is 11.3 Å². The lowest BCUT2D eigenvalue weighted by molar-refractivity contribution is 0.0662. The van der Waals surface area contributed by atoms with Crippen LogP contribution in [0.3, 0.4) is 0 Å². The molecule has 6 nitrogen and oxygen atoms in total. The van der Waals surface area contributed by atoms with Gasteiger partial charge in [0, 0.05) is 25.0 Å². The number of fused-ring (bicyclic) bond motifs is 1. The molecule has 0 radical (unpaired) electrons. The van der Waals surface area contributed by atoms with E-state index in [2.05, 4.69) is 20.7 Å². The predicted molar refractivity (Wildman–Crippen MR) is 112 cm³/mol. The Labute approximate surface area is 175 Å². The molecule has 9 heteroatoms. The van der Waals surface area contributed by atoms with Crippen molar-refractivity contribution in [2.75, 3.05) is 19.6 Å². The number of sulfonamides is 1. The molecule has 3 heterocycles. The minimum Gasteiger partial charge on any atom is -0.451 e. The van der Waals surface area contributed by atoms with Gasteiger partial charge in [-0.1, -0.05) is 18.2 Å². The largest absolute Gasteiger partial charge is 0.451 e. The van der Waals surface area contributed by atoms with E-state index in [-0.39, 0.29) is 11.8 Å². The van der Waals surface area contributed by atoms with E-state index in [1.54, 1.807) is 23.1 Å². The number of furan rings is 1. The number of halogens is 1. The molecule has 0 spiro atoms. The van der Waals surface area contributed by atoms with Gasteiger partial charge in [0.2, 0.25) is 10.0 Å². The van der Waals surface area contributed by atoms with E-state index in [4.69, 9.17) is 4.42 Å². The van der Waals surface area contributed by atoms with Crippen LogP contribution in [0.25, 0.3) is 11.0 Å². The lowest BCUT2D eigenvalue weighted by Gasteiger charge is -2.31. The van der Waals surface area contributed by atoms with E-state index in [9.17, 15) is 13.2 Å². The molecule has 0 bridgehead atoms. The van der Waals surface area contributed by atoms with Gasteiger partial charge in [0.15, 0.2) is 5.76 Å². The van der Waals surface area contributed by atoms with Gasteiger partial charge in [-0.25, -0.2) is 13.1 Å². The number of benzene rings is 1. The number of thiophene rings is 1. The molecule has 28 heavy (non-hydrogen) atoms. The van der Waals surface area contributed by atoms with E-state index >= 15 is 0 Å². The molecule has 1 aliphatic rings. The maximum atomic E-state index is 12.7. The highest BCUT2D eigenvalue weighted by Gasteiger charge is 2.27. The Bertz CT molecular complexity index is 1070. The number of rotatable bonds is 5. The smallest absolute Gasteiger partial charge is 0.289 e. The van der Waals surface area contributed by atoms with Crippen molar-refractivity contribution in [3.8, 4) is 0 Å². The summed E-state index contributed by atoms with van der Waals surface area (Å²) in [4.78, 5) is 14.5. The van der Waals surface area contributed by atoms with Crippen LogP contribution in [-0.4, -0.2) is 38.9 Å². The van der Waals surface area contributed by atoms with Crippen LogP contribution in [0.1, 0.15) is 23.4 Å². The quantitative estimate of drug-likeness (QED) is 0.593. The molecule has 3 aromatic rings. The number of para-hydroxylation sites is 1. The van der Waals surface area contributed by atoms with Gasteiger partial charge < -0.3 is 9.32 Å². The highest BCUT2D eigenvalue weighted by Crippen LogP contribution is 2.27. The molecule has 2 aromatic heterocycles. The summed E-state index contributed by atoms with van der Waals surface area (Å²) in [6, 6.07) is 12.6.